The summed E-state index contributed by atoms with van der Waals surface area (Å²) in [5.74, 6) is -2.04. The van der Waals surface area contributed by atoms with E-state index >= 15 is 0 Å². The van der Waals surface area contributed by atoms with Gasteiger partial charge in [0.2, 0.25) is 5.91 Å². The number of cyclic esters (lactones) is 1. The minimum absolute atomic E-state index is 0.0930. The number of benzene rings is 2. The number of ether oxygens (including phenoxy) is 1. The van der Waals surface area contributed by atoms with E-state index in [0.29, 0.717) is 18.4 Å². The SMILES string of the molecule is O=C(O)C[C@H](CCCC(=O)N1C(=O)OC[C@@H]1c1ccccc1)c1ccc(F)cc1. The van der Waals surface area contributed by atoms with Gasteiger partial charge in [-0.05, 0) is 42.0 Å². The molecule has 0 unspecified atom stereocenters. The molecule has 1 heterocycles. The van der Waals surface area contributed by atoms with E-state index in [4.69, 9.17) is 9.84 Å². The summed E-state index contributed by atoms with van der Waals surface area (Å²) in [6, 6.07) is 14.4. The van der Waals surface area contributed by atoms with Crippen LogP contribution in [0.5, 0.6) is 0 Å². The van der Waals surface area contributed by atoms with Gasteiger partial charge >= 0.3 is 12.1 Å². The van der Waals surface area contributed by atoms with Crippen molar-refractivity contribution >= 4 is 18.0 Å². The molecule has 1 saturated heterocycles. The molecule has 6 nitrogen and oxygen atoms in total. The largest absolute Gasteiger partial charge is 0.481 e. The second-order valence-corrected chi connectivity index (χ2v) is 7.01. The van der Waals surface area contributed by atoms with Gasteiger partial charge in [0.25, 0.3) is 0 Å². The van der Waals surface area contributed by atoms with Crippen LogP contribution in [0.2, 0.25) is 0 Å². The fourth-order valence-electron chi connectivity index (χ4n) is 3.57. The van der Waals surface area contributed by atoms with Crippen molar-refractivity contribution in [2.24, 2.45) is 0 Å². The Morgan fingerprint density at radius 3 is 2.48 bits per heavy atom. The molecule has 0 aliphatic carbocycles. The quantitative estimate of drug-likeness (QED) is 0.716. The first kappa shape index (κ1) is 20.5. The van der Waals surface area contributed by atoms with Gasteiger partial charge in [-0.3, -0.25) is 9.59 Å². The van der Waals surface area contributed by atoms with Crippen molar-refractivity contribution in [2.45, 2.75) is 37.6 Å². The lowest BCUT2D eigenvalue weighted by Gasteiger charge is -2.20. The van der Waals surface area contributed by atoms with Crippen LogP contribution in [0.15, 0.2) is 54.6 Å². The Bertz CT molecular complexity index is 869. The molecule has 2 amide bonds. The highest BCUT2D eigenvalue weighted by atomic mass is 19.1. The van der Waals surface area contributed by atoms with E-state index in [9.17, 15) is 18.8 Å². The summed E-state index contributed by atoms with van der Waals surface area (Å²) >= 11 is 0. The van der Waals surface area contributed by atoms with Crippen LogP contribution in [0.1, 0.15) is 48.8 Å². The highest BCUT2D eigenvalue weighted by molar-refractivity contribution is 5.93. The van der Waals surface area contributed by atoms with Crippen LogP contribution in [0, 0.1) is 5.82 Å². The Morgan fingerprint density at radius 1 is 1.14 bits per heavy atom. The number of carbonyl (C=O) groups excluding carboxylic acids is 2. The third-order valence-electron chi connectivity index (χ3n) is 5.03. The van der Waals surface area contributed by atoms with E-state index in [2.05, 4.69) is 0 Å². The number of nitrogens with zero attached hydrogens (tertiary/aromatic N) is 1. The minimum atomic E-state index is -0.960. The van der Waals surface area contributed by atoms with Gasteiger partial charge in [-0.25, -0.2) is 14.1 Å². The summed E-state index contributed by atoms with van der Waals surface area (Å²) in [7, 11) is 0. The number of hydrogen-bond donors (Lipinski definition) is 1. The Morgan fingerprint density at radius 2 is 1.83 bits per heavy atom. The van der Waals surface area contributed by atoms with Crippen molar-refractivity contribution < 1.29 is 28.6 Å². The predicted octanol–water partition coefficient (Wildman–Crippen LogP) is 4.27. The molecule has 1 aliphatic heterocycles. The monoisotopic (exact) mass is 399 g/mol. The molecule has 2 atom stereocenters. The average molecular weight is 399 g/mol. The molecule has 1 fully saturated rings. The van der Waals surface area contributed by atoms with Crippen LogP contribution in [0.4, 0.5) is 9.18 Å². The number of carboxylic acid groups (broad SMARTS) is 1. The molecule has 29 heavy (non-hydrogen) atoms. The second kappa shape index (κ2) is 9.32. The molecule has 1 N–H and O–H groups in total. The number of amides is 2. The first-order valence-electron chi connectivity index (χ1n) is 9.46. The first-order chi connectivity index (χ1) is 14.0. The van der Waals surface area contributed by atoms with Crippen LogP contribution in [-0.2, 0) is 14.3 Å². The third-order valence-corrected chi connectivity index (χ3v) is 5.03. The molecular formula is C22H22FNO5. The Balaban J connectivity index is 1.62. The van der Waals surface area contributed by atoms with Gasteiger partial charge in [-0.1, -0.05) is 42.5 Å². The van der Waals surface area contributed by atoms with Crippen LogP contribution in [-0.4, -0.2) is 34.6 Å². The lowest BCUT2D eigenvalue weighted by Crippen LogP contribution is -2.34. The van der Waals surface area contributed by atoms with E-state index in [1.54, 1.807) is 12.1 Å². The Hall–Kier alpha value is -3.22. The minimum Gasteiger partial charge on any atom is -0.481 e. The van der Waals surface area contributed by atoms with Crippen molar-refractivity contribution in [3.05, 3.63) is 71.5 Å². The maximum atomic E-state index is 13.1. The van der Waals surface area contributed by atoms with Gasteiger partial charge < -0.3 is 9.84 Å². The standard InChI is InChI=1S/C22H22FNO5/c23-18-11-9-15(10-12-18)17(13-21(26)27)7-4-8-20(25)24-19(14-29-22(24)28)16-5-2-1-3-6-16/h1-3,5-6,9-12,17,19H,4,7-8,13-14H2,(H,26,27)/t17-,19+/m0/s1. The van der Waals surface area contributed by atoms with E-state index in [1.165, 1.54) is 12.1 Å². The highest BCUT2D eigenvalue weighted by Crippen LogP contribution is 2.30. The zero-order valence-corrected chi connectivity index (χ0v) is 15.8. The number of imide groups is 1. The summed E-state index contributed by atoms with van der Waals surface area (Å²) in [4.78, 5) is 37.1. The van der Waals surface area contributed by atoms with Crippen LogP contribution < -0.4 is 0 Å². The summed E-state index contributed by atoms with van der Waals surface area (Å²) in [6.07, 6.45) is 0.153. The molecule has 3 rings (SSSR count). The third kappa shape index (κ3) is 5.19. The van der Waals surface area contributed by atoms with E-state index < -0.39 is 23.9 Å². The highest BCUT2D eigenvalue weighted by Gasteiger charge is 2.38. The van der Waals surface area contributed by atoms with Crippen molar-refractivity contribution in [3.8, 4) is 0 Å². The van der Waals surface area contributed by atoms with Gasteiger partial charge in [0.05, 0.1) is 6.42 Å². The van der Waals surface area contributed by atoms with Crippen molar-refractivity contribution in [3.63, 3.8) is 0 Å². The lowest BCUT2D eigenvalue weighted by atomic mass is 9.90. The number of hydrogen-bond acceptors (Lipinski definition) is 4. The van der Waals surface area contributed by atoms with Crippen molar-refractivity contribution in [1.29, 1.82) is 0 Å². The molecule has 1 aliphatic rings. The molecule has 7 heteroatoms. The van der Waals surface area contributed by atoms with Gasteiger partial charge in [0.15, 0.2) is 0 Å². The summed E-state index contributed by atoms with van der Waals surface area (Å²) in [5, 5.41) is 9.17. The maximum absolute atomic E-state index is 13.1. The number of aliphatic carboxylic acids is 1. The molecule has 2 aromatic rings. The number of halogens is 1. The summed E-state index contributed by atoms with van der Waals surface area (Å²) < 4.78 is 18.2. The van der Waals surface area contributed by atoms with Crippen LogP contribution in [0.25, 0.3) is 0 Å². The van der Waals surface area contributed by atoms with Crippen LogP contribution in [0.3, 0.4) is 0 Å². The molecule has 0 spiro atoms. The molecular weight excluding hydrogens is 377 g/mol. The second-order valence-electron chi connectivity index (χ2n) is 7.01. The summed E-state index contributed by atoms with van der Waals surface area (Å²) in [6.45, 7) is 0.117. The zero-order chi connectivity index (χ0) is 20.8. The first-order valence-corrected chi connectivity index (χ1v) is 9.46. The molecule has 152 valence electrons. The molecule has 0 radical (unpaired) electrons. The van der Waals surface area contributed by atoms with E-state index in [-0.39, 0.29) is 31.3 Å². The van der Waals surface area contributed by atoms with Crippen molar-refractivity contribution in [2.75, 3.05) is 6.61 Å². The fraction of sp³-hybridized carbons (Fsp3) is 0.318. The Labute approximate surface area is 167 Å². The van der Waals surface area contributed by atoms with Crippen molar-refractivity contribution in [1.82, 2.24) is 4.90 Å². The fourth-order valence-corrected chi connectivity index (χ4v) is 3.57. The number of carboxylic acids is 1. The van der Waals surface area contributed by atoms with Crippen LogP contribution >= 0.6 is 0 Å². The lowest BCUT2D eigenvalue weighted by molar-refractivity contribution is -0.137. The van der Waals surface area contributed by atoms with Gasteiger partial charge in [0, 0.05) is 6.42 Å². The summed E-state index contributed by atoms with van der Waals surface area (Å²) in [5.41, 5.74) is 1.53. The smallest absolute Gasteiger partial charge is 0.417 e. The van der Waals surface area contributed by atoms with E-state index in [1.807, 2.05) is 30.3 Å². The number of carbonyl (C=O) groups is 3. The number of rotatable bonds is 8. The molecule has 0 aromatic heterocycles. The molecule has 0 saturated carbocycles. The topological polar surface area (TPSA) is 83.9 Å². The predicted molar refractivity (Wildman–Crippen MR) is 103 cm³/mol. The zero-order valence-electron chi connectivity index (χ0n) is 15.8. The normalized spacial score (nSPS) is 17.1. The van der Waals surface area contributed by atoms with Gasteiger partial charge in [-0.2, -0.15) is 0 Å². The van der Waals surface area contributed by atoms with Gasteiger partial charge in [0.1, 0.15) is 18.5 Å². The van der Waals surface area contributed by atoms with Gasteiger partial charge in [-0.15, -0.1) is 0 Å². The average Bonchev–Trinajstić information content (AvgIpc) is 3.09. The molecule has 0 bridgehead atoms. The van der Waals surface area contributed by atoms with E-state index in [0.717, 1.165) is 10.5 Å². The maximum Gasteiger partial charge on any atom is 0.417 e. The Kier molecular flexibility index (Phi) is 6.59. The molecule has 2 aromatic carbocycles.